The molecule has 1 aromatic heterocycles. The molecule has 0 bridgehead atoms. The molecule has 1 aliphatic rings. The Labute approximate surface area is 182 Å². The standard InChI is InChI=1S/C20H20N4O4S2/c1-12(18(25)21-10-13-6-7-16-17(8-13)28-11-27-16)29-20-24-23-19(30-20)22-14-4-3-5-15(9-14)26-2/h3-9,12H,10-11H2,1-2H3,(H,21,25)(H,22,23)/t12-/m1/s1. The fraction of sp³-hybridized carbons (Fsp3) is 0.250. The summed E-state index contributed by atoms with van der Waals surface area (Å²) < 4.78 is 16.6. The molecule has 1 amide bonds. The van der Waals surface area contributed by atoms with Crippen LogP contribution in [0.15, 0.2) is 46.8 Å². The minimum Gasteiger partial charge on any atom is -0.497 e. The number of methoxy groups -OCH3 is 1. The number of thioether (sulfide) groups is 1. The second-order valence-electron chi connectivity index (χ2n) is 6.40. The zero-order valence-corrected chi connectivity index (χ0v) is 18.0. The number of fused-ring (bicyclic) bond motifs is 1. The van der Waals surface area contributed by atoms with Crippen LogP contribution in [0.5, 0.6) is 17.2 Å². The minimum absolute atomic E-state index is 0.0739. The van der Waals surface area contributed by atoms with Gasteiger partial charge in [-0.2, -0.15) is 0 Å². The SMILES string of the molecule is COc1cccc(Nc2nnc(S[C@H](C)C(=O)NCc3ccc4c(c3)OCO4)s2)c1. The van der Waals surface area contributed by atoms with Crippen LogP contribution in [0.1, 0.15) is 12.5 Å². The number of aromatic nitrogens is 2. The van der Waals surface area contributed by atoms with E-state index in [-0.39, 0.29) is 18.0 Å². The highest BCUT2D eigenvalue weighted by molar-refractivity contribution is 8.02. The van der Waals surface area contributed by atoms with E-state index in [1.165, 1.54) is 23.1 Å². The van der Waals surface area contributed by atoms with Crippen molar-refractivity contribution in [2.45, 2.75) is 23.1 Å². The third kappa shape index (κ3) is 4.95. The van der Waals surface area contributed by atoms with E-state index in [1.54, 1.807) is 7.11 Å². The molecule has 30 heavy (non-hydrogen) atoms. The topological polar surface area (TPSA) is 94.6 Å². The molecule has 0 saturated heterocycles. The highest BCUT2D eigenvalue weighted by atomic mass is 32.2. The van der Waals surface area contributed by atoms with Crippen molar-refractivity contribution in [1.82, 2.24) is 15.5 Å². The highest BCUT2D eigenvalue weighted by Gasteiger charge is 2.18. The first kappa shape index (κ1) is 20.3. The molecule has 0 saturated carbocycles. The summed E-state index contributed by atoms with van der Waals surface area (Å²) in [6.45, 7) is 2.49. The molecule has 2 aromatic carbocycles. The molecule has 4 rings (SSSR count). The minimum atomic E-state index is -0.309. The smallest absolute Gasteiger partial charge is 0.233 e. The van der Waals surface area contributed by atoms with E-state index in [1.807, 2.05) is 49.4 Å². The van der Waals surface area contributed by atoms with Crippen LogP contribution in [0.3, 0.4) is 0 Å². The zero-order valence-electron chi connectivity index (χ0n) is 16.4. The number of hydrogen-bond acceptors (Lipinski definition) is 9. The van der Waals surface area contributed by atoms with Crippen LogP contribution in [0.2, 0.25) is 0 Å². The lowest BCUT2D eigenvalue weighted by Gasteiger charge is -2.10. The number of carbonyl (C=O) groups excluding carboxylic acids is 1. The maximum Gasteiger partial charge on any atom is 0.233 e. The Balaban J connectivity index is 1.29. The Morgan fingerprint density at radius 2 is 2.10 bits per heavy atom. The molecule has 3 aromatic rings. The van der Waals surface area contributed by atoms with Crippen LogP contribution >= 0.6 is 23.1 Å². The summed E-state index contributed by atoms with van der Waals surface area (Å²) in [6, 6.07) is 13.2. The number of carbonyl (C=O) groups is 1. The summed E-state index contributed by atoms with van der Waals surface area (Å²) in [5, 5.41) is 14.8. The number of nitrogens with zero attached hydrogens (tertiary/aromatic N) is 2. The first-order valence-electron chi connectivity index (χ1n) is 9.18. The Bertz CT molecular complexity index is 1040. The first-order valence-corrected chi connectivity index (χ1v) is 10.9. The van der Waals surface area contributed by atoms with Crippen molar-refractivity contribution in [1.29, 1.82) is 0 Å². The Kier molecular flexibility index (Phi) is 6.24. The normalized spacial score (nSPS) is 13.0. The van der Waals surface area contributed by atoms with Crippen molar-refractivity contribution in [2.75, 3.05) is 19.2 Å². The molecule has 0 radical (unpaired) electrons. The molecule has 0 fully saturated rings. The summed E-state index contributed by atoms with van der Waals surface area (Å²) >= 11 is 2.76. The summed E-state index contributed by atoms with van der Waals surface area (Å²) in [5.41, 5.74) is 1.81. The zero-order chi connectivity index (χ0) is 20.9. The number of nitrogens with one attached hydrogen (secondary N) is 2. The van der Waals surface area contributed by atoms with Gasteiger partial charge in [0.2, 0.25) is 17.8 Å². The van der Waals surface area contributed by atoms with Crippen molar-refractivity contribution in [3.05, 3.63) is 48.0 Å². The van der Waals surface area contributed by atoms with Crippen LogP contribution in [0, 0.1) is 0 Å². The van der Waals surface area contributed by atoms with Gasteiger partial charge in [0.15, 0.2) is 15.8 Å². The maximum atomic E-state index is 12.5. The van der Waals surface area contributed by atoms with Gasteiger partial charge < -0.3 is 24.8 Å². The van der Waals surface area contributed by atoms with E-state index in [0.717, 1.165) is 22.7 Å². The molecule has 0 spiro atoms. The van der Waals surface area contributed by atoms with E-state index in [0.29, 0.717) is 21.8 Å². The summed E-state index contributed by atoms with van der Waals surface area (Å²) in [6.07, 6.45) is 0. The van der Waals surface area contributed by atoms with E-state index in [2.05, 4.69) is 20.8 Å². The molecule has 2 N–H and O–H groups in total. The van der Waals surface area contributed by atoms with Gasteiger partial charge in [0.25, 0.3) is 0 Å². The molecular formula is C20H20N4O4S2. The van der Waals surface area contributed by atoms with Gasteiger partial charge in [-0.15, -0.1) is 10.2 Å². The second kappa shape index (κ2) is 9.23. The lowest BCUT2D eigenvalue weighted by Crippen LogP contribution is -2.30. The van der Waals surface area contributed by atoms with Gasteiger partial charge in [0, 0.05) is 18.3 Å². The molecular weight excluding hydrogens is 424 g/mol. The van der Waals surface area contributed by atoms with Crippen molar-refractivity contribution < 1.29 is 19.0 Å². The fourth-order valence-corrected chi connectivity index (χ4v) is 4.66. The van der Waals surface area contributed by atoms with E-state index < -0.39 is 0 Å². The van der Waals surface area contributed by atoms with Gasteiger partial charge >= 0.3 is 0 Å². The van der Waals surface area contributed by atoms with Crippen LogP contribution in [-0.4, -0.2) is 35.3 Å². The van der Waals surface area contributed by atoms with Crippen LogP contribution < -0.4 is 24.8 Å². The molecule has 2 heterocycles. The van der Waals surface area contributed by atoms with Gasteiger partial charge in [-0.3, -0.25) is 4.79 Å². The number of ether oxygens (including phenoxy) is 3. The van der Waals surface area contributed by atoms with E-state index in [9.17, 15) is 4.79 Å². The third-order valence-corrected chi connectivity index (χ3v) is 6.30. The largest absolute Gasteiger partial charge is 0.497 e. The number of rotatable bonds is 8. The first-order chi connectivity index (χ1) is 14.6. The average molecular weight is 445 g/mol. The van der Waals surface area contributed by atoms with E-state index in [4.69, 9.17) is 14.2 Å². The second-order valence-corrected chi connectivity index (χ2v) is 8.96. The maximum absolute atomic E-state index is 12.5. The van der Waals surface area contributed by atoms with Crippen LogP contribution in [0.25, 0.3) is 0 Å². The van der Waals surface area contributed by atoms with E-state index >= 15 is 0 Å². The predicted octanol–water partition coefficient (Wildman–Crippen LogP) is 3.82. The molecule has 10 heteroatoms. The molecule has 1 atom stereocenters. The van der Waals surface area contributed by atoms with Crippen molar-refractivity contribution >= 4 is 39.8 Å². The summed E-state index contributed by atoms with van der Waals surface area (Å²) in [4.78, 5) is 12.5. The number of amides is 1. The molecule has 8 nitrogen and oxygen atoms in total. The molecule has 156 valence electrons. The van der Waals surface area contributed by atoms with Crippen molar-refractivity contribution in [3.8, 4) is 17.2 Å². The highest BCUT2D eigenvalue weighted by Crippen LogP contribution is 2.33. The molecule has 0 aliphatic carbocycles. The lowest BCUT2D eigenvalue weighted by atomic mass is 10.2. The van der Waals surface area contributed by atoms with Gasteiger partial charge in [-0.1, -0.05) is 35.2 Å². The monoisotopic (exact) mass is 444 g/mol. The summed E-state index contributed by atoms with van der Waals surface area (Å²) in [7, 11) is 1.62. The van der Waals surface area contributed by atoms with Gasteiger partial charge in [-0.05, 0) is 36.8 Å². The number of hydrogen-bond donors (Lipinski definition) is 2. The van der Waals surface area contributed by atoms with Crippen molar-refractivity contribution in [3.63, 3.8) is 0 Å². The third-order valence-electron chi connectivity index (χ3n) is 4.28. The lowest BCUT2D eigenvalue weighted by molar-refractivity contribution is -0.120. The molecule has 1 aliphatic heterocycles. The van der Waals surface area contributed by atoms with Gasteiger partial charge in [0.1, 0.15) is 5.75 Å². The number of benzene rings is 2. The van der Waals surface area contributed by atoms with Gasteiger partial charge in [-0.25, -0.2) is 0 Å². The van der Waals surface area contributed by atoms with Gasteiger partial charge in [0.05, 0.1) is 12.4 Å². The average Bonchev–Trinajstić information content (AvgIpc) is 3.40. The summed E-state index contributed by atoms with van der Waals surface area (Å²) in [5.74, 6) is 2.11. The number of anilines is 2. The Morgan fingerprint density at radius 1 is 1.23 bits per heavy atom. The quantitative estimate of drug-likeness (QED) is 0.507. The van der Waals surface area contributed by atoms with Crippen LogP contribution in [0.4, 0.5) is 10.8 Å². The Hall–Kier alpha value is -2.98. The molecule has 0 unspecified atom stereocenters. The van der Waals surface area contributed by atoms with Crippen molar-refractivity contribution in [2.24, 2.45) is 0 Å². The fourth-order valence-electron chi connectivity index (χ4n) is 2.72. The Morgan fingerprint density at radius 3 is 2.97 bits per heavy atom. The predicted molar refractivity (Wildman–Crippen MR) is 116 cm³/mol. The van der Waals surface area contributed by atoms with Crippen LogP contribution in [-0.2, 0) is 11.3 Å².